The highest BCUT2D eigenvalue weighted by atomic mass is 32.2. The summed E-state index contributed by atoms with van der Waals surface area (Å²) in [6.45, 7) is 0. The molecule has 4 aromatic rings. The largest absolute Gasteiger partial charge is 0.361 e. The Balaban J connectivity index is 1.54. The highest BCUT2D eigenvalue weighted by molar-refractivity contribution is 7.91. The van der Waals surface area contributed by atoms with Gasteiger partial charge in [0.2, 0.25) is 0 Å². The third-order valence-electron chi connectivity index (χ3n) is 5.81. The lowest BCUT2D eigenvalue weighted by atomic mass is 9.89. The zero-order valence-corrected chi connectivity index (χ0v) is 17.0. The molecule has 28 heavy (non-hydrogen) atoms. The molecule has 0 amide bonds. The molecule has 0 radical (unpaired) electrons. The highest BCUT2D eigenvalue weighted by Crippen LogP contribution is 2.43. The summed E-state index contributed by atoms with van der Waals surface area (Å²) in [5.41, 5.74) is 4.47. The Labute approximate surface area is 169 Å². The van der Waals surface area contributed by atoms with Crippen LogP contribution in [0.2, 0.25) is 0 Å². The molecule has 1 fully saturated rings. The van der Waals surface area contributed by atoms with Gasteiger partial charge >= 0.3 is 0 Å². The van der Waals surface area contributed by atoms with Gasteiger partial charge in [0.15, 0.2) is 9.84 Å². The molecule has 1 N–H and O–H groups in total. The molecule has 2 atom stereocenters. The summed E-state index contributed by atoms with van der Waals surface area (Å²) >= 11 is 1.74. The van der Waals surface area contributed by atoms with Crippen molar-refractivity contribution in [3.05, 3.63) is 83.4 Å². The van der Waals surface area contributed by atoms with Gasteiger partial charge in [-0.05, 0) is 59.0 Å². The Morgan fingerprint density at radius 2 is 1.86 bits per heavy atom. The average Bonchev–Trinajstić information content (AvgIpc) is 3.38. The molecule has 0 aliphatic carbocycles. The SMILES string of the molecule is O=S1(=O)CC[C@H](c2c[nH]c3ccc(-c4cccs4)cc23)C[C@@H]1c1ccccc1. The molecule has 5 heteroatoms. The first-order valence-corrected chi connectivity index (χ1v) is 12.1. The predicted molar refractivity (Wildman–Crippen MR) is 117 cm³/mol. The van der Waals surface area contributed by atoms with Crippen molar-refractivity contribution in [1.82, 2.24) is 4.98 Å². The van der Waals surface area contributed by atoms with Crippen molar-refractivity contribution < 1.29 is 8.42 Å². The number of benzene rings is 2. The minimum absolute atomic E-state index is 0.237. The van der Waals surface area contributed by atoms with Crippen LogP contribution >= 0.6 is 11.3 Å². The van der Waals surface area contributed by atoms with Crippen LogP contribution in [-0.2, 0) is 9.84 Å². The first kappa shape index (κ1) is 17.7. The van der Waals surface area contributed by atoms with Gasteiger partial charge in [-0.1, -0.05) is 42.5 Å². The molecule has 1 aliphatic rings. The van der Waals surface area contributed by atoms with Gasteiger partial charge in [0.1, 0.15) is 0 Å². The topological polar surface area (TPSA) is 49.9 Å². The number of nitrogens with one attached hydrogen (secondary N) is 1. The minimum Gasteiger partial charge on any atom is -0.361 e. The molecule has 142 valence electrons. The Morgan fingerprint density at radius 3 is 2.64 bits per heavy atom. The van der Waals surface area contributed by atoms with E-state index in [0.29, 0.717) is 12.8 Å². The van der Waals surface area contributed by atoms with E-state index in [-0.39, 0.29) is 11.7 Å². The smallest absolute Gasteiger partial charge is 0.157 e. The Bertz CT molecular complexity index is 1210. The van der Waals surface area contributed by atoms with Crippen molar-refractivity contribution in [3.63, 3.8) is 0 Å². The van der Waals surface area contributed by atoms with Crippen LogP contribution in [0.1, 0.15) is 35.1 Å². The average molecular weight is 408 g/mol. The van der Waals surface area contributed by atoms with Crippen LogP contribution in [-0.4, -0.2) is 19.2 Å². The third kappa shape index (κ3) is 3.09. The quantitative estimate of drug-likeness (QED) is 0.457. The number of rotatable bonds is 3. The highest BCUT2D eigenvalue weighted by Gasteiger charge is 2.36. The summed E-state index contributed by atoms with van der Waals surface area (Å²) < 4.78 is 25.5. The molecule has 0 spiro atoms. The van der Waals surface area contributed by atoms with Crippen molar-refractivity contribution in [3.8, 4) is 10.4 Å². The van der Waals surface area contributed by atoms with E-state index < -0.39 is 15.1 Å². The van der Waals surface area contributed by atoms with Gasteiger partial charge in [-0.25, -0.2) is 8.42 Å². The molecule has 0 bridgehead atoms. The van der Waals surface area contributed by atoms with Gasteiger partial charge in [0.05, 0.1) is 11.0 Å². The van der Waals surface area contributed by atoms with Crippen LogP contribution in [0.25, 0.3) is 21.3 Å². The first-order chi connectivity index (χ1) is 13.6. The van der Waals surface area contributed by atoms with E-state index in [2.05, 4.69) is 46.9 Å². The molecule has 1 saturated heterocycles. The summed E-state index contributed by atoms with van der Waals surface area (Å²) in [5, 5.41) is 2.88. The molecule has 0 unspecified atom stereocenters. The molecular weight excluding hydrogens is 386 g/mol. The number of H-pyrrole nitrogens is 1. The van der Waals surface area contributed by atoms with Crippen LogP contribution in [0.5, 0.6) is 0 Å². The number of hydrogen-bond acceptors (Lipinski definition) is 3. The maximum Gasteiger partial charge on any atom is 0.157 e. The molecular formula is C23H21NO2S2. The van der Waals surface area contributed by atoms with Crippen molar-refractivity contribution in [2.75, 3.05) is 5.75 Å². The maximum absolute atomic E-state index is 12.8. The van der Waals surface area contributed by atoms with Crippen LogP contribution in [0, 0.1) is 0 Å². The van der Waals surface area contributed by atoms with E-state index in [9.17, 15) is 8.42 Å². The Morgan fingerprint density at radius 1 is 1.00 bits per heavy atom. The number of aromatic nitrogens is 1. The lowest BCUT2D eigenvalue weighted by Gasteiger charge is -2.29. The van der Waals surface area contributed by atoms with Crippen molar-refractivity contribution in [1.29, 1.82) is 0 Å². The van der Waals surface area contributed by atoms with E-state index in [1.165, 1.54) is 21.4 Å². The number of fused-ring (bicyclic) bond motifs is 1. The molecule has 2 aromatic carbocycles. The zero-order chi connectivity index (χ0) is 19.1. The van der Waals surface area contributed by atoms with E-state index in [1.54, 1.807) is 11.3 Å². The molecule has 5 rings (SSSR count). The maximum atomic E-state index is 12.8. The Kier molecular flexibility index (Phi) is 4.37. The molecule has 3 heterocycles. The van der Waals surface area contributed by atoms with Gasteiger partial charge in [0.25, 0.3) is 0 Å². The van der Waals surface area contributed by atoms with E-state index in [0.717, 1.165) is 11.1 Å². The number of thiophene rings is 1. The summed E-state index contributed by atoms with van der Waals surface area (Å²) in [6, 6.07) is 20.4. The molecule has 0 saturated carbocycles. The minimum atomic E-state index is -3.11. The fraction of sp³-hybridized carbons (Fsp3) is 0.217. The van der Waals surface area contributed by atoms with Crippen molar-refractivity contribution in [2.24, 2.45) is 0 Å². The second kappa shape index (κ2) is 6.90. The lowest BCUT2D eigenvalue weighted by molar-refractivity contribution is 0.513. The van der Waals surface area contributed by atoms with Crippen LogP contribution in [0.4, 0.5) is 0 Å². The molecule has 3 nitrogen and oxygen atoms in total. The summed E-state index contributed by atoms with van der Waals surface area (Å²) in [5.74, 6) is 0.482. The predicted octanol–water partition coefficient (Wildman–Crippen LogP) is 5.93. The van der Waals surface area contributed by atoms with E-state index in [4.69, 9.17) is 0 Å². The standard InChI is InChI=1S/C23H21NO2S2/c25-28(26)12-10-17(14-23(28)16-5-2-1-3-6-16)20-15-24-21-9-8-18(13-19(20)21)22-7-4-11-27-22/h1-9,11,13,15,17,23-24H,10,12,14H2/t17-,23+/m0/s1. The normalized spacial score (nSPS) is 21.7. The van der Waals surface area contributed by atoms with Crippen LogP contribution < -0.4 is 0 Å². The summed E-state index contributed by atoms with van der Waals surface area (Å²) in [7, 11) is -3.11. The van der Waals surface area contributed by atoms with Crippen LogP contribution in [0.15, 0.2) is 72.2 Å². The second-order valence-corrected chi connectivity index (χ2v) is 10.7. The first-order valence-electron chi connectivity index (χ1n) is 9.53. The van der Waals surface area contributed by atoms with Crippen LogP contribution in [0.3, 0.4) is 0 Å². The van der Waals surface area contributed by atoms with Crippen molar-refractivity contribution in [2.45, 2.75) is 24.0 Å². The zero-order valence-electron chi connectivity index (χ0n) is 15.3. The van der Waals surface area contributed by atoms with Gasteiger partial charge in [-0.15, -0.1) is 11.3 Å². The number of aromatic amines is 1. The van der Waals surface area contributed by atoms with Crippen molar-refractivity contribution >= 4 is 32.1 Å². The monoisotopic (exact) mass is 407 g/mol. The van der Waals surface area contributed by atoms with E-state index >= 15 is 0 Å². The second-order valence-electron chi connectivity index (χ2n) is 7.47. The fourth-order valence-corrected chi connectivity index (χ4v) is 7.06. The van der Waals surface area contributed by atoms with Gasteiger partial charge in [-0.3, -0.25) is 0 Å². The fourth-order valence-electron chi connectivity index (χ4n) is 4.34. The summed E-state index contributed by atoms with van der Waals surface area (Å²) in [6.07, 6.45) is 3.40. The molecule has 1 aliphatic heterocycles. The van der Waals surface area contributed by atoms with Gasteiger partial charge < -0.3 is 4.98 Å². The van der Waals surface area contributed by atoms with Gasteiger partial charge in [0, 0.05) is 22.0 Å². The number of sulfone groups is 1. The lowest BCUT2D eigenvalue weighted by Crippen LogP contribution is -2.26. The Hall–Kier alpha value is -2.37. The van der Waals surface area contributed by atoms with E-state index in [1.807, 2.05) is 30.3 Å². The van der Waals surface area contributed by atoms with Gasteiger partial charge in [-0.2, -0.15) is 0 Å². The molecule has 2 aromatic heterocycles. The number of hydrogen-bond donors (Lipinski definition) is 1. The summed E-state index contributed by atoms with van der Waals surface area (Å²) in [4.78, 5) is 4.64. The third-order valence-corrected chi connectivity index (χ3v) is 8.87.